The molecule has 1 fully saturated rings. The fraction of sp³-hybridized carbons (Fsp3) is 1.00. The van der Waals surface area contributed by atoms with Gasteiger partial charge in [0.25, 0.3) is 0 Å². The van der Waals surface area contributed by atoms with Crippen LogP contribution < -0.4 is 5.32 Å². The third-order valence-corrected chi connectivity index (χ3v) is 2.87. The molecule has 14 heavy (non-hydrogen) atoms. The molecule has 0 unspecified atom stereocenters. The third kappa shape index (κ3) is 4.43. The van der Waals surface area contributed by atoms with Crippen LogP contribution in [0.5, 0.6) is 0 Å². The second-order valence-electron chi connectivity index (χ2n) is 4.80. The molecular formula is C12H25NO. The lowest BCUT2D eigenvalue weighted by Crippen LogP contribution is -2.21. The van der Waals surface area contributed by atoms with Crippen molar-refractivity contribution in [1.82, 2.24) is 5.32 Å². The zero-order valence-corrected chi connectivity index (χ0v) is 9.88. The first-order valence-electron chi connectivity index (χ1n) is 6.07. The van der Waals surface area contributed by atoms with Crippen molar-refractivity contribution in [2.75, 3.05) is 13.2 Å². The van der Waals surface area contributed by atoms with Crippen LogP contribution in [0.15, 0.2) is 0 Å². The zero-order chi connectivity index (χ0) is 10.4. The Bertz CT molecular complexity index is 147. The molecule has 0 aromatic rings. The molecule has 2 heteroatoms. The maximum atomic E-state index is 5.83. The molecule has 0 bridgehead atoms. The van der Waals surface area contributed by atoms with Crippen LogP contribution >= 0.6 is 0 Å². The Morgan fingerprint density at radius 2 is 2.21 bits per heavy atom. The van der Waals surface area contributed by atoms with Crippen molar-refractivity contribution in [3.05, 3.63) is 0 Å². The van der Waals surface area contributed by atoms with E-state index in [0.717, 1.165) is 19.1 Å². The van der Waals surface area contributed by atoms with Crippen molar-refractivity contribution in [3.8, 4) is 0 Å². The van der Waals surface area contributed by atoms with Crippen LogP contribution in [0.3, 0.4) is 0 Å². The Labute approximate surface area is 88.4 Å². The first-order chi connectivity index (χ1) is 6.72. The molecule has 1 aliphatic heterocycles. The summed E-state index contributed by atoms with van der Waals surface area (Å²) in [6, 6.07) is 0.712. The van der Waals surface area contributed by atoms with E-state index >= 15 is 0 Å². The van der Waals surface area contributed by atoms with E-state index in [9.17, 15) is 0 Å². The summed E-state index contributed by atoms with van der Waals surface area (Å²) < 4.78 is 5.83. The summed E-state index contributed by atoms with van der Waals surface area (Å²) in [7, 11) is 0. The highest BCUT2D eigenvalue weighted by molar-refractivity contribution is 4.81. The van der Waals surface area contributed by atoms with Gasteiger partial charge in [-0.2, -0.15) is 0 Å². The molecular weight excluding hydrogens is 174 g/mol. The van der Waals surface area contributed by atoms with Gasteiger partial charge in [0.05, 0.1) is 6.10 Å². The van der Waals surface area contributed by atoms with Crippen molar-refractivity contribution in [3.63, 3.8) is 0 Å². The van der Waals surface area contributed by atoms with Crippen molar-refractivity contribution in [1.29, 1.82) is 0 Å². The van der Waals surface area contributed by atoms with Gasteiger partial charge < -0.3 is 10.1 Å². The smallest absolute Gasteiger partial charge is 0.0714 e. The number of ether oxygens (including phenoxy) is 1. The summed E-state index contributed by atoms with van der Waals surface area (Å²) in [5.41, 5.74) is 0. The average molecular weight is 199 g/mol. The minimum absolute atomic E-state index is 0.477. The van der Waals surface area contributed by atoms with E-state index in [1.165, 1.54) is 25.7 Å². The maximum absolute atomic E-state index is 5.83. The van der Waals surface area contributed by atoms with Gasteiger partial charge in [-0.25, -0.2) is 0 Å². The van der Waals surface area contributed by atoms with Gasteiger partial charge in [0, 0.05) is 19.2 Å². The van der Waals surface area contributed by atoms with Gasteiger partial charge in [-0.3, -0.25) is 0 Å². The van der Waals surface area contributed by atoms with E-state index in [4.69, 9.17) is 4.74 Å². The predicted molar refractivity (Wildman–Crippen MR) is 60.5 cm³/mol. The lowest BCUT2D eigenvalue weighted by molar-refractivity contribution is 0.0580. The molecule has 0 aliphatic carbocycles. The van der Waals surface area contributed by atoms with Crippen molar-refractivity contribution in [2.24, 2.45) is 5.92 Å². The number of nitrogens with one attached hydrogen (secondary N) is 1. The van der Waals surface area contributed by atoms with Crippen LogP contribution in [0.25, 0.3) is 0 Å². The van der Waals surface area contributed by atoms with Crippen LogP contribution in [-0.4, -0.2) is 25.3 Å². The fourth-order valence-corrected chi connectivity index (χ4v) is 1.95. The van der Waals surface area contributed by atoms with E-state index in [1.807, 2.05) is 0 Å². The predicted octanol–water partition coefficient (Wildman–Crippen LogP) is 2.58. The maximum Gasteiger partial charge on any atom is 0.0714 e. The zero-order valence-electron chi connectivity index (χ0n) is 9.88. The Morgan fingerprint density at radius 3 is 2.86 bits per heavy atom. The summed E-state index contributed by atoms with van der Waals surface area (Å²) >= 11 is 0. The monoisotopic (exact) mass is 199 g/mol. The quantitative estimate of drug-likeness (QED) is 0.710. The molecule has 84 valence electrons. The summed E-state index contributed by atoms with van der Waals surface area (Å²) in [6.45, 7) is 8.73. The Hall–Kier alpha value is -0.0800. The summed E-state index contributed by atoms with van der Waals surface area (Å²) in [6.07, 6.45) is 5.45. The molecule has 1 aliphatic rings. The SMILES string of the molecule is CCC[C@@H]1C[C@@H](OCCC(C)C)CN1. The van der Waals surface area contributed by atoms with Gasteiger partial charge in [0.1, 0.15) is 0 Å². The van der Waals surface area contributed by atoms with Gasteiger partial charge in [0.15, 0.2) is 0 Å². The van der Waals surface area contributed by atoms with E-state index < -0.39 is 0 Å². The van der Waals surface area contributed by atoms with Crippen molar-refractivity contribution in [2.45, 2.75) is 58.6 Å². The van der Waals surface area contributed by atoms with Gasteiger partial charge in [-0.05, 0) is 25.2 Å². The molecule has 0 aromatic heterocycles. The molecule has 1 saturated heterocycles. The third-order valence-electron chi connectivity index (χ3n) is 2.87. The normalized spacial score (nSPS) is 27.4. The Kier molecular flexibility index (Phi) is 5.49. The lowest BCUT2D eigenvalue weighted by Gasteiger charge is -2.12. The summed E-state index contributed by atoms with van der Waals surface area (Å²) in [5.74, 6) is 0.760. The Morgan fingerprint density at radius 1 is 1.43 bits per heavy atom. The van der Waals surface area contributed by atoms with E-state index in [2.05, 4.69) is 26.1 Å². The molecule has 0 amide bonds. The molecule has 1 N–H and O–H groups in total. The number of hydrogen-bond donors (Lipinski definition) is 1. The van der Waals surface area contributed by atoms with Crippen LogP contribution in [0.2, 0.25) is 0 Å². The van der Waals surface area contributed by atoms with E-state index in [0.29, 0.717) is 12.1 Å². The highest BCUT2D eigenvalue weighted by atomic mass is 16.5. The van der Waals surface area contributed by atoms with E-state index in [-0.39, 0.29) is 0 Å². The largest absolute Gasteiger partial charge is 0.377 e. The molecule has 0 aromatic carbocycles. The van der Waals surface area contributed by atoms with Gasteiger partial charge >= 0.3 is 0 Å². The van der Waals surface area contributed by atoms with Gasteiger partial charge in [-0.1, -0.05) is 27.2 Å². The molecule has 2 nitrogen and oxygen atoms in total. The molecule has 1 rings (SSSR count). The van der Waals surface area contributed by atoms with Gasteiger partial charge in [0.2, 0.25) is 0 Å². The first kappa shape index (κ1) is 12.0. The first-order valence-corrected chi connectivity index (χ1v) is 6.07. The lowest BCUT2D eigenvalue weighted by atomic mass is 10.1. The van der Waals surface area contributed by atoms with Crippen LogP contribution in [0, 0.1) is 5.92 Å². The highest BCUT2D eigenvalue weighted by Gasteiger charge is 2.23. The summed E-state index contributed by atoms with van der Waals surface area (Å²) in [4.78, 5) is 0. The summed E-state index contributed by atoms with van der Waals surface area (Å²) in [5, 5.41) is 3.52. The van der Waals surface area contributed by atoms with E-state index in [1.54, 1.807) is 0 Å². The topological polar surface area (TPSA) is 21.3 Å². The standard InChI is InChI=1S/C12H25NO/c1-4-5-11-8-12(9-13-11)14-7-6-10(2)3/h10-13H,4-9H2,1-3H3/t11-,12-/m1/s1. The fourth-order valence-electron chi connectivity index (χ4n) is 1.95. The molecule has 0 spiro atoms. The second kappa shape index (κ2) is 6.41. The average Bonchev–Trinajstić information content (AvgIpc) is 2.53. The molecule has 0 saturated carbocycles. The van der Waals surface area contributed by atoms with Crippen molar-refractivity contribution >= 4 is 0 Å². The Balaban J connectivity index is 2.04. The minimum Gasteiger partial charge on any atom is -0.377 e. The molecule has 0 radical (unpaired) electrons. The second-order valence-corrected chi connectivity index (χ2v) is 4.80. The highest BCUT2D eigenvalue weighted by Crippen LogP contribution is 2.15. The van der Waals surface area contributed by atoms with Crippen LogP contribution in [-0.2, 0) is 4.74 Å². The minimum atomic E-state index is 0.477. The van der Waals surface area contributed by atoms with Crippen LogP contribution in [0.4, 0.5) is 0 Å². The number of hydrogen-bond acceptors (Lipinski definition) is 2. The molecule has 2 atom stereocenters. The van der Waals surface area contributed by atoms with Crippen molar-refractivity contribution < 1.29 is 4.74 Å². The van der Waals surface area contributed by atoms with Gasteiger partial charge in [-0.15, -0.1) is 0 Å². The molecule has 1 heterocycles. The number of rotatable bonds is 6. The van der Waals surface area contributed by atoms with Crippen LogP contribution in [0.1, 0.15) is 46.5 Å².